The molecule has 0 aliphatic carbocycles. The summed E-state index contributed by atoms with van der Waals surface area (Å²) < 4.78 is 5.39. The number of benzene rings is 2. The first kappa shape index (κ1) is 15.2. The Morgan fingerprint density at radius 3 is 2.67 bits per heavy atom. The number of rotatable bonds is 5. The summed E-state index contributed by atoms with van der Waals surface area (Å²) in [7, 11) is 1.65. The summed E-state index contributed by atoms with van der Waals surface area (Å²) in [6.45, 7) is 4.53. The molecule has 21 heavy (non-hydrogen) atoms. The molecule has 0 aromatic heterocycles. The van der Waals surface area contributed by atoms with Gasteiger partial charge in [0.05, 0.1) is 7.11 Å². The molecule has 3 N–H and O–H groups in total. The van der Waals surface area contributed by atoms with E-state index in [1.807, 2.05) is 26.0 Å². The van der Waals surface area contributed by atoms with Gasteiger partial charge in [0.25, 0.3) is 0 Å². The van der Waals surface area contributed by atoms with E-state index in [0.29, 0.717) is 12.1 Å². The number of methoxy groups -OCH3 is 1. The van der Waals surface area contributed by atoms with Crippen molar-refractivity contribution in [3.8, 4) is 17.2 Å². The average Bonchev–Trinajstić information content (AvgIpc) is 2.48. The Morgan fingerprint density at radius 1 is 1.19 bits per heavy atom. The van der Waals surface area contributed by atoms with Crippen LogP contribution < -0.4 is 10.1 Å². The minimum atomic E-state index is -0.102. The van der Waals surface area contributed by atoms with Gasteiger partial charge in [-0.15, -0.1) is 0 Å². The summed E-state index contributed by atoms with van der Waals surface area (Å²) in [5, 5.41) is 22.6. The van der Waals surface area contributed by atoms with Crippen LogP contribution in [0.25, 0.3) is 0 Å². The van der Waals surface area contributed by atoms with Crippen LogP contribution in [0, 0.1) is 6.92 Å². The zero-order chi connectivity index (χ0) is 15.4. The second kappa shape index (κ2) is 6.50. The number of nitrogens with one attached hydrogen (secondary N) is 1. The van der Waals surface area contributed by atoms with Gasteiger partial charge in [0.1, 0.15) is 5.75 Å². The molecule has 0 heterocycles. The largest absolute Gasteiger partial charge is 0.504 e. The third-order valence-corrected chi connectivity index (χ3v) is 3.55. The zero-order valence-corrected chi connectivity index (χ0v) is 12.6. The van der Waals surface area contributed by atoms with Crippen LogP contribution >= 0.6 is 0 Å². The molecular formula is C17H21NO3. The standard InChI is InChI=1S/C17H21NO3/c1-11-7-8-16(21-3)14(9-11)12(2)18-10-13-5-4-6-15(19)17(13)20/h4-9,12,18-20H,10H2,1-3H3. The van der Waals surface area contributed by atoms with E-state index >= 15 is 0 Å². The summed E-state index contributed by atoms with van der Waals surface area (Å²) in [5.41, 5.74) is 2.89. The molecule has 0 bridgehead atoms. The van der Waals surface area contributed by atoms with Crippen LogP contribution in [0.5, 0.6) is 17.2 Å². The molecule has 1 unspecified atom stereocenters. The van der Waals surface area contributed by atoms with Crippen molar-refractivity contribution < 1.29 is 14.9 Å². The van der Waals surface area contributed by atoms with Gasteiger partial charge in [0.2, 0.25) is 0 Å². The maximum atomic E-state index is 9.81. The molecule has 112 valence electrons. The van der Waals surface area contributed by atoms with Crippen LogP contribution in [0.2, 0.25) is 0 Å². The van der Waals surface area contributed by atoms with Gasteiger partial charge in [0, 0.05) is 23.7 Å². The molecule has 2 rings (SSSR count). The van der Waals surface area contributed by atoms with E-state index < -0.39 is 0 Å². The first-order valence-corrected chi connectivity index (χ1v) is 6.90. The summed E-state index contributed by atoms with van der Waals surface area (Å²) in [6.07, 6.45) is 0. The number of hydrogen-bond donors (Lipinski definition) is 3. The maximum Gasteiger partial charge on any atom is 0.161 e. The zero-order valence-electron chi connectivity index (χ0n) is 12.6. The predicted molar refractivity (Wildman–Crippen MR) is 82.8 cm³/mol. The number of phenols is 2. The Kier molecular flexibility index (Phi) is 4.70. The quantitative estimate of drug-likeness (QED) is 0.739. The molecule has 2 aromatic rings. The number of para-hydroxylation sites is 1. The topological polar surface area (TPSA) is 61.7 Å². The Labute approximate surface area is 125 Å². The fourth-order valence-corrected chi connectivity index (χ4v) is 2.29. The van der Waals surface area contributed by atoms with Gasteiger partial charge in [-0.05, 0) is 26.0 Å². The van der Waals surface area contributed by atoms with E-state index in [-0.39, 0.29) is 17.5 Å². The van der Waals surface area contributed by atoms with Crippen LogP contribution in [0.15, 0.2) is 36.4 Å². The monoisotopic (exact) mass is 287 g/mol. The first-order chi connectivity index (χ1) is 10.0. The van der Waals surface area contributed by atoms with Crippen LogP contribution in [0.1, 0.15) is 29.7 Å². The van der Waals surface area contributed by atoms with Gasteiger partial charge in [0.15, 0.2) is 11.5 Å². The third kappa shape index (κ3) is 3.47. The van der Waals surface area contributed by atoms with Gasteiger partial charge in [-0.3, -0.25) is 0 Å². The Morgan fingerprint density at radius 2 is 1.95 bits per heavy atom. The Balaban J connectivity index is 2.13. The molecule has 2 aromatic carbocycles. The molecule has 0 fully saturated rings. The van der Waals surface area contributed by atoms with Gasteiger partial charge in [-0.2, -0.15) is 0 Å². The number of aromatic hydroxyl groups is 2. The normalized spacial score (nSPS) is 12.1. The molecule has 0 aliphatic heterocycles. The fraction of sp³-hybridized carbons (Fsp3) is 0.294. The smallest absolute Gasteiger partial charge is 0.161 e. The Hall–Kier alpha value is -2.20. The number of phenolic OH excluding ortho intramolecular Hbond substituents is 2. The van der Waals surface area contributed by atoms with Crippen molar-refractivity contribution in [3.63, 3.8) is 0 Å². The van der Waals surface area contributed by atoms with Crippen LogP contribution in [0.4, 0.5) is 0 Å². The molecule has 0 aliphatic rings. The van der Waals surface area contributed by atoms with E-state index in [1.165, 1.54) is 11.6 Å². The van der Waals surface area contributed by atoms with Crippen molar-refractivity contribution in [2.75, 3.05) is 7.11 Å². The van der Waals surface area contributed by atoms with E-state index in [4.69, 9.17) is 4.74 Å². The molecular weight excluding hydrogens is 266 g/mol. The van der Waals surface area contributed by atoms with E-state index in [2.05, 4.69) is 11.4 Å². The molecule has 4 nitrogen and oxygen atoms in total. The van der Waals surface area contributed by atoms with Gasteiger partial charge < -0.3 is 20.3 Å². The first-order valence-electron chi connectivity index (χ1n) is 6.90. The predicted octanol–water partition coefficient (Wildman–Crippen LogP) is 3.27. The molecule has 4 heteroatoms. The summed E-state index contributed by atoms with van der Waals surface area (Å²) in [4.78, 5) is 0. The van der Waals surface area contributed by atoms with Gasteiger partial charge >= 0.3 is 0 Å². The average molecular weight is 287 g/mol. The highest BCUT2D eigenvalue weighted by Gasteiger charge is 2.13. The third-order valence-electron chi connectivity index (χ3n) is 3.55. The Bertz CT molecular complexity index is 625. The highest BCUT2D eigenvalue weighted by molar-refractivity contribution is 5.44. The summed E-state index contributed by atoms with van der Waals surface area (Å²) >= 11 is 0. The van der Waals surface area contributed by atoms with Gasteiger partial charge in [-0.1, -0.05) is 29.8 Å². The van der Waals surface area contributed by atoms with Crippen molar-refractivity contribution in [1.82, 2.24) is 5.32 Å². The highest BCUT2D eigenvalue weighted by atomic mass is 16.5. The molecule has 0 radical (unpaired) electrons. The van der Waals surface area contributed by atoms with E-state index in [9.17, 15) is 10.2 Å². The number of aryl methyl sites for hydroxylation is 1. The lowest BCUT2D eigenvalue weighted by Crippen LogP contribution is -2.19. The van der Waals surface area contributed by atoms with Crippen LogP contribution in [0.3, 0.4) is 0 Å². The second-order valence-electron chi connectivity index (χ2n) is 5.13. The fourth-order valence-electron chi connectivity index (χ4n) is 2.29. The number of ether oxygens (including phenoxy) is 1. The lowest BCUT2D eigenvalue weighted by Gasteiger charge is -2.18. The van der Waals surface area contributed by atoms with E-state index in [1.54, 1.807) is 19.2 Å². The minimum absolute atomic E-state index is 0.0570. The van der Waals surface area contributed by atoms with Gasteiger partial charge in [-0.25, -0.2) is 0 Å². The second-order valence-corrected chi connectivity index (χ2v) is 5.13. The molecule has 0 saturated heterocycles. The molecule has 0 amide bonds. The SMILES string of the molecule is COc1ccc(C)cc1C(C)NCc1cccc(O)c1O. The van der Waals surface area contributed by atoms with Crippen molar-refractivity contribution >= 4 is 0 Å². The van der Waals surface area contributed by atoms with Crippen molar-refractivity contribution in [2.24, 2.45) is 0 Å². The van der Waals surface area contributed by atoms with Crippen LogP contribution in [-0.2, 0) is 6.54 Å². The lowest BCUT2D eigenvalue weighted by molar-refractivity contribution is 0.392. The molecule has 1 atom stereocenters. The van der Waals surface area contributed by atoms with Crippen molar-refractivity contribution in [2.45, 2.75) is 26.4 Å². The maximum absolute atomic E-state index is 9.81. The number of hydrogen-bond acceptors (Lipinski definition) is 4. The summed E-state index contributed by atoms with van der Waals surface area (Å²) in [6, 6.07) is 11.1. The van der Waals surface area contributed by atoms with Crippen molar-refractivity contribution in [3.05, 3.63) is 53.1 Å². The van der Waals surface area contributed by atoms with E-state index in [0.717, 1.165) is 11.3 Å². The summed E-state index contributed by atoms with van der Waals surface area (Å²) in [5.74, 6) is 0.657. The molecule has 0 saturated carbocycles. The lowest BCUT2D eigenvalue weighted by atomic mass is 10.0. The van der Waals surface area contributed by atoms with Crippen molar-refractivity contribution in [1.29, 1.82) is 0 Å². The minimum Gasteiger partial charge on any atom is -0.504 e. The molecule has 0 spiro atoms. The highest BCUT2D eigenvalue weighted by Crippen LogP contribution is 2.30. The van der Waals surface area contributed by atoms with Crippen LogP contribution in [-0.4, -0.2) is 17.3 Å².